The van der Waals surface area contributed by atoms with Gasteiger partial charge in [0.2, 0.25) is 0 Å². The number of hydrogen-bond acceptors (Lipinski definition) is 0. The standard InChI is InChI=1S/C37H43N/c1-2-11-17-28-23-33-32-22-26-15-9-4-5-10-16-27(26)24-34(32)38-36-30-19-13-7-6-8-14-25(30)20-21-31(36)35(37(33)38)29(28)18-12-3-1/h20-24H,1-19H2. The first-order valence-corrected chi connectivity index (χ1v) is 16.2. The molecule has 0 bridgehead atoms. The third kappa shape index (κ3) is 3.64. The molecule has 0 amide bonds. The smallest absolute Gasteiger partial charge is 0.0623 e. The highest BCUT2D eigenvalue weighted by Crippen LogP contribution is 2.46. The molecule has 196 valence electrons. The summed E-state index contributed by atoms with van der Waals surface area (Å²) in [5.41, 5.74) is 14.6. The summed E-state index contributed by atoms with van der Waals surface area (Å²) >= 11 is 0. The normalized spacial score (nSPS) is 19.7. The minimum atomic E-state index is 1.25. The van der Waals surface area contributed by atoms with Crippen LogP contribution < -0.4 is 0 Å². The molecule has 0 unspecified atom stereocenters. The van der Waals surface area contributed by atoms with Gasteiger partial charge in [-0.3, -0.25) is 0 Å². The zero-order valence-corrected chi connectivity index (χ0v) is 23.3. The zero-order chi connectivity index (χ0) is 25.1. The Morgan fingerprint density at radius 3 is 1.68 bits per heavy atom. The fourth-order valence-corrected chi connectivity index (χ4v) is 8.65. The van der Waals surface area contributed by atoms with Crippen molar-refractivity contribution in [1.29, 1.82) is 0 Å². The number of aromatic nitrogens is 1. The molecule has 0 fully saturated rings. The van der Waals surface area contributed by atoms with E-state index in [0.29, 0.717) is 0 Å². The van der Waals surface area contributed by atoms with Crippen molar-refractivity contribution in [2.75, 3.05) is 0 Å². The van der Waals surface area contributed by atoms with E-state index in [1.165, 1.54) is 133 Å². The van der Waals surface area contributed by atoms with Crippen molar-refractivity contribution in [1.82, 2.24) is 4.40 Å². The summed E-state index contributed by atoms with van der Waals surface area (Å²) in [6.45, 7) is 0. The highest BCUT2D eigenvalue weighted by Gasteiger charge is 2.26. The molecule has 5 aromatic rings. The minimum absolute atomic E-state index is 1.25. The Kier molecular flexibility index (Phi) is 5.89. The number of benzene rings is 3. The van der Waals surface area contributed by atoms with E-state index in [1.54, 1.807) is 60.6 Å². The average molecular weight is 502 g/mol. The van der Waals surface area contributed by atoms with Crippen LogP contribution in [-0.4, -0.2) is 4.40 Å². The van der Waals surface area contributed by atoms with Gasteiger partial charge in [0.05, 0.1) is 16.6 Å². The van der Waals surface area contributed by atoms with Gasteiger partial charge in [-0.1, -0.05) is 57.1 Å². The third-order valence-corrected chi connectivity index (χ3v) is 10.6. The Hall–Kier alpha value is -2.54. The van der Waals surface area contributed by atoms with Gasteiger partial charge < -0.3 is 4.40 Å². The van der Waals surface area contributed by atoms with E-state index in [1.807, 2.05) is 0 Å². The molecule has 0 saturated carbocycles. The fourth-order valence-electron chi connectivity index (χ4n) is 8.65. The second-order valence-electron chi connectivity index (χ2n) is 13.0. The Bertz CT molecular complexity index is 1650. The van der Waals surface area contributed by atoms with Crippen LogP contribution >= 0.6 is 0 Å². The van der Waals surface area contributed by atoms with Crippen LogP contribution in [-0.2, 0) is 38.5 Å². The van der Waals surface area contributed by atoms with E-state index in [0.717, 1.165) is 0 Å². The molecule has 3 aliphatic carbocycles. The van der Waals surface area contributed by atoms with E-state index >= 15 is 0 Å². The van der Waals surface area contributed by atoms with E-state index in [2.05, 4.69) is 34.7 Å². The summed E-state index contributed by atoms with van der Waals surface area (Å²) in [6, 6.07) is 13.1. The maximum atomic E-state index is 2.79. The highest BCUT2D eigenvalue weighted by atomic mass is 14.9. The predicted molar refractivity (Wildman–Crippen MR) is 163 cm³/mol. The van der Waals surface area contributed by atoms with Gasteiger partial charge in [-0.05, 0) is 129 Å². The van der Waals surface area contributed by atoms with Gasteiger partial charge in [-0.25, -0.2) is 0 Å². The molecule has 0 atom stereocenters. The Balaban J connectivity index is 1.53. The van der Waals surface area contributed by atoms with Gasteiger partial charge >= 0.3 is 0 Å². The number of rotatable bonds is 0. The quantitative estimate of drug-likeness (QED) is 0.199. The Morgan fingerprint density at radius 1 is 0.395 bits per heavy atom. The summed E-state index contributed by atoms with van der Waals surface area (Å²) in [4.78, 5) is 0. The van der Waals surface area contributed by atoms with Crippen LogP contribution in [0.25, 0.3) is 38.1 Å². The van der Waals surface area contributed by atoms with Crippen LogP contribution in [0, 0.1) is 0 Å². The van der Waals surface area contributed by atoms with Gasteiger partial charge in [0.1, 0.15) is 0 Å². The maximum Gasteiger partial charge on any atom is 0.0623 e. The molecule has 2 aromatic heterocycles. The van der Waals surface area contributed by atoms with Crippen LogP contribution in [0.15, 0.2) is 30.3 Å². The molecule has 3 aliphatic rings. The summed E-state index contributed by atoms with van der Waals surface area (Å²) in [5, 5.41) is 6.28. The minimum Gasteiger partial charge on any atom is -0.308 e. The summed E-state index contributed by atoms with van der Waals surface area (Å²) in [5.74, 6) is 0. The number of hydrogen-bond donors (Lipinski definition) is 0. The Labute approximate surface area is 227 Å². The fraction of sp³-hybridized carbons (Fsp3) is 0.514. The molecule has 1 heteroatoms. The van der Waals surface area contributed by atoms with E-state index in [4.69, 9.17) is 0 Å². The first kappa shape index (κ1) is 23.4. The molecular formula is C37H43N. The van der Waals surface area contributed by atoms with E-state index in [9.17, 15) is 0 Å². The summed E-state index contributed by atoms with van der Waals surface area (Å²) in [7, 11) is 0. The number of aryl methyl sites for hydroxylation is 6. The average Bonchev–Trinajstić information content (AvgIpc) is 3.42. The Morgan fingerprint density at radius 2 is 0.947 bits per heavy atom. The largest absolute Gasteiger partial charge is 0.308 e. The van der Waals surface area contributed by atoms with E-state index < -0.39 is 0 Å². The molecule has 0 aliphatic heterocycles. The molecule has 0 saturated heterocycles. The van der Waals surface area contributed by atoms with Gasteiger partial charge in [0, 0.05) is 21.5 Å². The van der Waals surface area contributed by atoms with Gasteiger partial charge in [0.25, 0.3) is 0 Å². The van der Waals surface area contributed by atoms with Crippen molar-refractivity contribution >= 4 is 38.1 Å². The SMILES string of the molecule is c1cc2c3c4c(cc5c6cc7c(cc6n(c2c2c1CCCCCC2)c53)CCCCCC7)CCCCCCC4. The molecular weight excluding hydrogens is 458 g/mol. The van der Waals surface area contributed by atoms with Crippen LogP contribution in [0.2, 0.25) is 0 Å². The monoisotopic (exact) mass is 501 g/mol. The highest BCUT2D eigenvalue weighted by molar-refractivity contribution is 6.25. The number of fused-ring (bicyclic) bond motifs is 11. The first-order valence-electron chi connectivity index (χ1n) is 16.2. The van der Waals surface area contributed by atoms with Gasteiger partial charge in [0.15, 0.2) is 0 Å². The van der Waals surface area contributed by atoms with Crippen LogP contribution in [0.1, 0.15) is 117 Å². The summed E-state index contributed by atoms with van der Waals surface area (Å²) in [6.07, 6.45) is 25.4. The molecule has 1 nitrogen and oxygen atoms in total. The van der Waals surface area contributed by atoms with Crippen LogP contribution in [0.5, 0.6) is 0 Å². The first-order chi connectivity index (χ1) is 18.9. The van der Waals surface area contributed by atoms with Crippen LogP contribution in [0.4, 0.5) is 0 Å². The van der Waals surface area contributed by atoms with Crippen molar-refractivity contribution in [3.05, 3.63) is 63.7 Å². The van der Waals surface area contributed by atoms with Crippen molar-refractivity contribution in [3.63, 3.8) is 0 Å². The second kappa shape index (κ2) is 9.58. The molecule has 0 N–H and O–H groups in total. The lowest BCUT2D eigenvalue weighted by molar-refractivity contribution is 0.617. The van der Waals surface area contributed by atoms with Crippen molar-refractivity contribution in [2.45, 2.75) is 122 Å². The molecule has 3 aromatic carbocycles. The van der Waals surface area contributed by atoms with Crippen molar-refractivity contribution in [2.24, 2.45) is 0 Å². The predicted octanol–water partition coefficient (Wildman–Crippen LogP) is 10.2. The number of nitrogens with zero attached hydrogens (tertiary/aromatic N) is 1. The zero-order valence-electron chi connectivity index (χ0n) is 23.3. The van der Waals surface area contributed by atoms with Gasteiger partial charge in [-0.2, -0.15) is 0 Å². The van der Waals surface area contributed by atoms with E-state index in [-0.39, 0.29) is 0 Å². The molecule has 0 spiro atoms. The molecule has 8 rings (SSSR count). The molecule has 0 radical (unpaired) electrons. The lowest BCUT2D eigenvalue weighted by Gasteiger charge is -2.17. The lowest BCUT2D eigenvalue weighted by atomic mass is 9.88. The van der Waals surface area contributed by atoms with Gasteiger partial charge in [-0.15, -0.1) is 0 Å². The molecule has 38 heavy (non-hydrogen) atoms. The van der Waals surface area contributed by atoms with Crippen molar-refractivity contribution < 1.29 is 0 Å². The van der Waals surface area contributed by atoms with Crippen LogP contribution in [0.3, 0.4) is 0 Å². The summed E-state index contributed by atoms with van der Waals surface area (Å²) < 4.78 is 2.79. The molecule has 2 heterocycles. The lowest BCUT2D eigenvalue weighted by Crippen LogP contribution is -2.02. The maximum absolute atomic E-state index is 2.79. The topological polar surface area (TPSA) is 4.41 Å². The third-order valence-electron chi connectivity index (χ3n) is 10.6. The van der Waals surface area contributed by atoms with Crippen molar-refractivity contribution in [3.8, 4) is 0 Å². The second-order valence-corrected chi connectivity index (χ2v) is 13.0.